The predicted molar refractivity (Wildman–Crippen MR) is 123 cm³/mol. The number of alkyl halides is 3. The van der Waals surface area contributed by atoms with Crippen LogP contribution in [-0.2, 0) is 4.74 Å². The van der Waals surface area contributed by atoms with E-state index in [-0.39, 0.29) is 28.3 Å². The number of esters is 1. The maximum atomic E-state index is 15.3. The number of halogens is 4. The van der Waals surface area contributed by atoms with E-state index in [0.717, 1.165) is 19.3 Å². The molecule has 1 aliphatic rings. The number of fused-ring (bicyclic) bond motifs is 1. The van der Waals surface area contributed by atoms with Crippen LogP contribution in [0.2, 0.25) is 0 Å². The standard InChI is InChI=1S/C25H27F4N3O3/c1-14-11-16(13-24(2,3)12-14)32-19-10-9-18(22(33)34-4)20(26)21(19)31-23(32)30-15-5-7-17(8-6-15)35-25(27,28)29/h5-10,14,16H,11-13H2,1-4H3,(H,30,31)/t14-,16+/m0/s1. The highest BCUT2D eigenvalue weighted by Gasteiger charge is 2.35. The zero-order valence-electron chi connectivity index (χ0n) is 19.9. The molecule has 0 spiro atoms. The minimum absolute atomic E-state index is 0.00235. The summed E-state index contributed by atoms with van der Waals surface area (Å²) in [5.74, 6) is -1.19. The fourth-order valence-corrected chi connectivity index (χ4v) is 5.22. The molecule has 1 aromatic heterocycles. The Morgan fingerprint density at radius 2 is 1.83 bits per heavy atom. The summed E-state index contributed by atoms with van der Waals surface area (Å²) in [7, 11) is 1.18. The van der Waals surface area contributed by atoms with Gasteiger partial charge in [0.1, 0.15) is 11.3 Å². The quantitative estimate of drug-likeness (QED) is 0.307. The molecule has 0 saturated heterocycles. The van der Waals surface area contributed by atoms with Gasteiger partial charge >= 0.3 is 12.3 Å². The molecule has 2 aromatic carbocycles. The Balaban J connectivity index is 1.78. The first-order valence-corrected chi connectivity index (χ1v) is 11.3. The van der Waals surface area contributed by atoms with Crippen molar-refractivity contribution in [1.29, 1.82) is 0 Å². The smallest absolute Gasteiger partial charge is 0.465 e. The van der Waals surface area contributed by atoms with Gasteiger partial charge in [0, 0.05) is 11.7 Å². The van der Waals surface area contributed by atoms with Gasteiger partial charge in [-0.05, 0) is 67.0 Å². The fourth-order valence-electron chi connectivity index (χ4n) is 5.22. The number of nitrogens with zero attached hydrogens (tertiary/aromatic N) is 2. The molecule has 0 unspecified atom stereocenters. The van der Waals surface area contributed by atoms with Gasteiger partial charge in [0.2, 0.25) is 5.95 Å². The van der Waals surface area contributed by atoms with E-state index in [4.69, 9.17) is 0 Å². The topological polar surface area (TPSA) is 65.4 Å². The van der Waals surface area contributed by atoms with Crippen LogP contribution in [0.5, 0.6) is 5.75 Å². The van der Waals surface area contributed by atoms with Crippen LogP contribution in [0.15, 0.2) is 36.4 Å². The van der Waals surface area contributed by atoms with Gasteiger partial charge in [-0.1, -0.05) is 20.8 Å². The third kappa shape index (κ3) is 5.36. The number of ether oxygens (including phenoxy) is 2. The SMILES string of the molecule is COC(=O)c1ccc2c(nc(Nc3ccc(OC(F)(F)F)cc3)n2[C@@H]2C[C@H](C)CC(C)(C)C2)c1F. The van der Waals surface area contributed by atoms with Crippen molar-refractivity contribution in [2.24, 2.45) is 11.3 Å². The van der Waals surface area contributed by atoms with Crippen LogP contribution in [0.25, 0.3) is 11.0 Å². The number of carbonyl (C=O) groups excluding carboxylic acids is 1. The Morgan fingerprint density at radius 3 is 2.43 bits per heavy atom. The predicted octanol–water partition coefficient (Wildman–Crippen LogP) is 6.99. The first-order valence-electron chi connectivity index (χ1n) is 11.3. The molecule has 6 nitrogen and oxygen atoms in total. The summed E-state index contributed by atoms with van der Waals surface area (Å²) >= 11 is 0. The summed E-state index contributed by atoms with van der Waals surface area (Å²) in [5, 5.41) is 3.11. The van der Waals surface area contributed by atoms with Crippen LogP contribution in [0.1, 0.15) is 56.4 Å². The lowest BCUT2D eigenvalue weighted by molar-refractivity contribution is -0.274. The number of nitrogens with one attached hydrogen (secondary N) is 1. The van der Waals surface area contributed by atoms with Gasteiger partial charge in [-0.3, -0.25) is 0 Å². The Bertz CT molecular complexity index is 1240. The average Bonchev–Trinajstić information content (AvgIpc) is 3.11. The Labute approximate surface area is 200 Å². The van der Waals surface area contributed by atoms with Crippen molar-refractivity contribution >= 4 is 28.6 Å². The molecular weight excluding hydrogens is 466 g/mol. The first-order chi connectivity index (χ1) is 16.4. The van der Waals surface area contributed by atoms with Gasteiger partial charge in [0.25, 0.3) is 0 Å². The van der Waals surface area contributed by atoms with Crippen LogP contribution in [0, 0.1) is 17.2 Å². The number of benzene rings is 2. The van der Waals surface area contributed by atoms with E-state index in [1.54, 1.807) is 6.07 Å². The van der Waals surface area contributed by atoms with Crippen molar-refractivity contribution in [2.75, 3.05) is 12.4 Å². The van der Waals surface area contributed by atoms with Crippen molar-refractivity contribution in [3.8, 4) is 5.75 Å². The molecule has 1 heterocycles. The zero-order chi connectivity index (χ0) is 25.5. The zero-order valence-corrected chi connectivity index (χ0v) is 19.9. The average molecular weight is 494 g/mol. The van der Waals surface area contributed by atoms with Crippen LogP contribution in [0.3, 0.4) is 0 Å². The van der Waals surface area contributed by atoms with E-state index in [9.17, 15) is 18.0 Å². The molecule has 0 radical (unpaired) electrons. The number of hydrogen-bond acceptors (Lipinski definition) is 5. The molecule has 0 aliphatic heterocycles. The lowest BCUT2D eigenvalue weighted by Gasteiger charge is -2.40. The highest BCUT2D eigenvalue weighted by Crippen LogP contribution is 2.46. The van der Waals surface area contributed by atoms with Crippen molar-refractivity contribution < 1.29 is 31.8 Å². The third-order valence-corrected chi connectivity index (χ3v) is 6.28. The van der Waals surface area contributed by atoms with Gasteiger partial charge in [0.05, 0.1) is 18.2 Å². The van der Waals surface area contributed by atoms with Crippen LogP contribution < -0.4 is 10.1 Å². The van der Waals surface area contributed by atoms with Gasteiger partial charge in [0.15, 0.2) is 5.82 Å². The number of hydrogen-bond donors (Lipinski definition) is 1. The molecule has 1 aliphatic carbocycles. The Morgan fingerprint density at radius 1 is 1.14 bits per heavy atom. The lowest BCUT2D eigenvalue weighted by atomic mass is 9.70. The number of carbonyl (C=O) groups is 1. The molecule has 2 atom stereocenters. The van der Waals surface area contributed by atoms with E-state index in [1.807, 2.05) is 4.57 Å². The molecule has 0 amide bonds. The van der Waals surface area contributed by atoms with E-state index < -0.39 is 18.1 Å². The molecule has 4 rings (SSSR count). The van der Waals surface area contributed by atoms with E-state index in [1.165, 1.54) is 37.4 Å². The van der Waals surface area contributed by atoms with Crippen molar-refractivity contribution in [3.05, 3.63) is 47.8 Å². The molecule has 0 bridgehead atoms. The molecule has 1 N–H and O–H groups in total. The Hall–Kier alpha value is -3.30. The summed E-state index contributed by atoms with van der Waals surface area (Å²) in [6.07, 6.45) is -2.05. The highest BCUT2D eigenvalue weighted by atomic mass is 19.4. The number of methoxy groups -OCH3 is 1. The van der Waals surface area contributed by atoms with Crippen molar-refractivity contribution in [3.63, 3.8) is 0 Å². The van der Waals surface area contributed by atoms with Gasteiger partial charge in [-0.2, -0.15) is 0 Å². The fraction of sp³-hybridized carbons (Fsp3) is 0.440. The number of anilines is 2. The number of rotatable bonds is 5. The minimum atomic E-state index is -4.79. The number of imidazole rings is 1. The molecule has 10 heteroatoms. The summed E-state index contributed by atoms with van der Waals surface area (Å²) in [5.41, 5.74) is 0.820. The number of aromatic nitrogens is 2. The van der Waals surface area contributed by atoms with E-state index in [0.29, 0.717) is 23.1 Å². The Kier molecular flexibility index (Phi) is 6.42. The molecule has 188 valence electrons. The maximum absolute atomic E-state index is 15.3. The van der Waals surface area contributed by atoms with Crippen LogP contribution >= 0.6 is 0 Å². The van der Waals surface area contributed by atoms with Crippen LogP contribution in [0.4, 0.5) is 29.2 Å². The second kappa shape index (κ2) is 9.05. The normalized spacial score (nSPS) is 20.0. The minimum Gasteiger partial charge on any atom is -0.465 e. The van der Waals surface area contributed by atoms with Gasteiger partial charge in [-0.25, -0.2) is 14.2 Å². The monoisotopic (exact) mass is 493 g/mol. The molecule has 1 saturated carbocycles. The molecule has 1 fully saturated rings. The summed E-state index contributed by atoms with van der Waals surface area (Å²) in [4.78, 5) is 16.5. The molecular formula is C25H27F4N3O3. The molecule has 3 aromatic rings. The van der Waals surface area contributed by atoms with E-state index >= 15 is 4.39 Å². The second-order valence-corrected chi connectivity index (χ2v) is 9.86. The highest BCUT2D eigenvalue weighted by molar-refractivity contribution is 5.95. The van der Waals surface area contributed by atoms with Crippen LogP contribution in [-0.4, -0.2) is 29.0 Å². The van der Waals surface area contributed by atoms with E-state index in [2.05, 4.69) is 40.5 Å². The maximum Gasteiger partial charge on any atom is 0.573 e. The van der Waals surface area contributed by atoms with Gasteiger partial charge in [-0.15, -0.1) is 13.2 Å². The largest absolute Gasteiger partial charge is 0.573 e. The third-order valence-electron chi connectivity index (χ3n) is 6.28. The summed E-state index contributed by atoms with van der Waals surface area (Å²) in [6, 6.07) is 8.25. The van der Waals surface area contributed by atoms with Crippen molar-refractivity contribution in [2.45, 2.75) is 52.4 Å². The lowest BCUT2D eigenvalue weighted by Crippen LogP contribution is -2.29. The first kappa shape index (κ1) is 24.8. The summed E-state index contributed by atoms with van der Waals surface area (Å²) in [6.45, 7) is 6.56. The van der Waals surface area contributed by atoms with Gasteiger partial charge < -0.3 is 19.4 Å². The second-order valence-electron chi connectivity index (χ2n) is 9.86. The molecule has 35 heavy (non-hydrogen) atoms. The summed E-state index contributed by atoms with van der Waals surface area (Å²) < 4.78 is 63.3. The van der Waals surface area contributed by atoms with Crippen molar-refractivity contribution in [1.82, 2.24) is 9.55 Å².